The fourth-order valence-electron chi connectivity index (χ4n) is 7.55. The fourth-order valence-corrected chi connectivity index (χ4v) is 7.55. The molecule has 0 fully saturated rings. The molecule has 0 N–H and O–H groups in total. The maximum atomic E-state index is 9.32. The largest absolute Gasteiger partial charge is 0.522 e. The normalized spacial score (nSPS) is 14.8. The third-order valence-corrected chi connectivity index (χ3v) is 9.88. The van der Waals surface area contributed by atoms with Gasteiger partial charge in [0.15, 0.2) is 0 Å². The van der Waals surface area contributed by atoms with Crippen LogP contribution >= 0.6 is 0 Å². The van der Waals surface area contributed by atoms with Crippen molar-refractivity contribution in [1.29, 1.82) is 0 Å². The Morgan fingerprint density at radius 2 is 1.26 bits per heavy atom. The van der Waals surface area contributed by atoms with Gasteiger partial charge in [0.25, 0.3) is 6.33 Å². The molecule has 0 aliphatic rings. The first kappa shape index (κ1) is 36.6. The summed E-state index contributed by atoms with van der Waals surface area (Å²) in [5.41, 5.74) is 3.67. The molecule has 4 aromatic carbocycles. The summed E-state index contributed by atoms with van der Waals surface area (Å²) in [4.78, 5) is 9.48. The van der Waals surface area contributed by atoms with Crippen molar-refractivity contribution in [3.05, 3.63) is 144 Å². The number of para-hydroxylation sites is 1. The van der Waals surface area contributed by atoms with Crippen LogP contribution in [0.2, 0.25) is 0 Å². The molecule has 61 heavy (non-hydrogen) atoms. The summed E-state index contributed by atoms with van der Waals surface area (Å²) in [5, 5.41) is 1.94. The molecule has 318 valence electrons. The van der Waals surface area contributed by atoms with Gasteiger partial charge in [0.05, 0.1) is 22.5 Å². The second-order valence-electron chi connectivity index (χ2n) is 19.8. The first-order valence-electron chi connectivity index (χ1n) is 23.7. The average Bonchev–Trinajstić information content (AvgIpc) is 3.78. The summed E-state index contributed by atoms with van der Waals surface area (Å²) in [6.07, 6.45) is 1.58. The van der Waals surface area contributed by atoms with Gasteiger partial charge in [-0.1, -0.05) is 142 Å². The Balaban J connectivity index is 0.00000666. The Bertz CT molecular complexity index is 3120. The van der Waals surface area contributed by atoms with Gasteiger partial charge < -0.3 is 9.30 Å². The van der Waals surface area contributed by atoms with Crippen LogP contribution in [0.15, 0.2) is 103 Å². The van der Waals surface area contributed by atoms with Gasteiger partial charge in [-0.15, -0.1) is 17.5 Å². The number of hydrogen-bond acceptors (Lipinski definition) is 3. The van der Waals surface area contributed by atoms with Crippen LogP contribution in [-0.4, -0.2) is 19.1 Å². The average molecular weight is 995 g/mol. The van der Waals surface area contributed by atoms with E-state index in [1.165, 1.54) is 0 Å². The number of aromatic nitrogens is 5. The van der Waals surface area contributed by atoms with Gasteiger partial charge in [0, 0.05) is 46.8 Å². The fraction of sp³-hybridized carbons (Fsp3) is 0.352. The van der Waals surface area contributed by atoms with E-state index < -0.39 is 35.4 Å². The second kappa shape index (κ2) is 16.3. The molecule has 0 radical (unpaired) electrons. The van der Waals surface area contributed by atoms with Crippen LogP contribution in [0.4, 0.5) is 0 Å². The standard InChI is InChI=1S/C54H59N5O.Pt/c1-51(2,3)32-36-21-23-56-50(28-36)59-45-16-14-13-15-43(45)44-19-18-41(30-47(44)59)60-42-22-24-55-49(31-42)58-35-57(48-29-39(54(10,11)12)17-20-46(48)58)40-26-37(33-52(4,5)6)25-38(27-40)34-53(7,8)9;/h13-29H,32-34H2,1-12H3;/q-2;/i32D2,33D2,34D2;. The molecule has 0 amide bonds. The maximum absolute atomic E-state index is 9.32. The summed E-state index contributed by atoms with van der Waals surface area (Å²) < 4.78 is 67.5. The van der Waals surface area contributed by atoms with Crippen molar-refractivity contribution in [2.24, 2.45) is 16.2 Å². The third kappa shape index (κ3) is 9.86. The molecule has 6 nitrogen and oxygen atoms in total. The molecule has 0 unspecified atom stereocenters. The van der Waals surface area contributed by atoms with Gasteiger partial charge in [-0.2, -0.15) is 18.2 Å². The van der Waals surface area contributed by atoms with Gasteiger partial charge in [-0.05, 0) is 99.4 Å². The minimum Gasteiger partial charge on any atom is -0.522 e. The zero-order valence-corrected chi connectivity index (χ0v) is 39.5. The van der Waals surface area contributed by atoms with Crippen molar-refractivity contribution in [3.63, 3.8) is 0 Å². The molecular formula is C54H59N5OPt-2. The van der Waals surface area contributed by atoms with Gasteiger partial charge in [0.2, 0.25) is 0 Å². The van der Waals surface area contributed by atoms with E-state index in [9.17, 15) is 5.48 Å². The first-order valence-corrected chi connectivity index (χ1v) is 20.7. The molecule has 8 aromatic rings. The van der Waals surface area contributed by atoms with E-state index in [1.807, 2.05) is 126 Å². The Morgan fingerprint density at radius 3 is 1.93 bits per heavy atom. The molecule has 0 spiro atoms. The van der Waals surface area contributed by atoms with Crippen LogP contribution in [0, 0.1) is 34.7 Å². The maximum Gasteiger partial charge on any atom is 0.269 e. The molecular weight excluding hydrogens is 930 g/mol. The molecule has 0 aliphatic carbocycles. The van der Waals surface area contributed by atoms with E-state index in [4.69, 9.17) is 17.4 Å². The second-order valence-corrected chi connectivity index (χ2v) is 19.8. The monoisotopic (exact) mass is 994 g/mol. The molecule has 7 heteroatoms. The summed E-state index contributed by atoms with van der Waals surface area (Å²) in [5.74, 6) is 1.78. The minimum atomic E-state index is -1.81. The zero-order valence-electron chi connectivity index (χ0n) is 43.3. The summed E-state index contributed by atoms with van der Waals surface area (Å²) in [6, 6.07) is 35.6. The van der Waals surface area contributed by atoms with Crippen molar-refractivity contribution >= 4 is 32.8 Å². The Morgan fingerprint density at radius 1 is 0.623 bits per heavy atom. The first-order chi connectivity index (χ1) is 30.5. The van der Waals surface area contributed by atoms with Gasteiger partial charge >= 0.3 is 0 Å². The van der Waals surface area contributed by atoms with E-state index in [0.29, 0.717) is 45.5 Å². The predicted molar refractivity (Wildman–Crippen MR) is 246 cm³/mol. The van der Waals surface area contributed by atoms with E-state index in [1.54, 1.807) is 35.2 Å². The molecule has 0 aliphatic heterocycles. The number of fused-ring (bicyclic) bond motifs is 4. The third-order valence-electron chi connectivity index (χ3n) is 9.88. The molecule has 0 saturated carbocycles. The summed E-state index contributed by atoms with van der Waals surface area (Å²) in [6.45, 7) is 23.3. The summed E-state index contributed by atoms with van der Waals surface area (Å²) in [7, 11) is 0. The number of imidazole rings is 1. The van der Waals surface area contributed by atoms with Crippen LogP contribution in [-0.2, 0) is 45.6 Å². The molecule has 0 bridgehead atoms. The van der Waals surface area contributed by atoms with Crippen molar-refractivity contribution in [2.75, 3.05) is 0 Å². The smallest absolute Gasteiger partial charge is 0.269 e. The number of rotatable bonds is 8. The Kier molecular flexibility index (Phi) is 9.79. The molecule has 0 saturated heterocycles. The molecule has 4 heterocycles. The van der Waals surface area contributed by atoms with Crippen molar-refractivity contribution in [3.8, 4) is 28.8 Å². The zero-order chi connectivity index (χ0) is 48.2. The number of hydrogen-bond donors (Lipinski definition) is 0. The van der Waals surface area contributed by atoms with Crippen LogP contribution in [0.5, 0.6) is 11.5 Å². The van der Waals surface area contributed by atoms with E-state index >= 15 is 0 Å². The van der Waals surface area contributed by atoms with Crippen molar-refractivity contribution in [2.45, 2.75) is 108 Å². The Labute approximate surface area is 385 Å². The van der Waals surface area contributed by atoms with E-state index in [-0.39, 0.29) is 26.5 Å². The van der Waals surface area contributed by atoms with Crippen LogP contribution in [0.1, 0.15) is 114 Å². The van der Waals surface area contributed by atoms with Gasteiger partial charge in [-0.3, -0.25) is 14.1 Å². The van der Waals surface area contributed by atoms with Crippen molar-refractivity contribution < 1.29 is 38.6 Å². The van der Waals surface area contributed by atoms with E-state index in [0.717, 1.165) is 38.4 Å². The molecule has 0 atom stereocenters. The number of pyridine rings is 2. The van der Waals surface area contributed by atoms with Gasteiger partial charge in [0.1, 0.15) is 5.82 Å². The van der Waals surface area contributed by atoms with Crippen LogP contribution < -0.4 is 9.30 Å². The number of benzene rings is 4. The number of nitrogens with zero attached hydrogens (tertiary/aromatic N) is 5. The van der Waals surface area contributed by atoms with Gasteiger partial charge in [-0.25, -0.2) is 4.98 Å². The summed E-state index contributed by atoms with van der Waals surface area (Å²) >= 11 is 0. The van der Waals surface area contributed by atoms with Crippen molar-refractivity contribution in [1.82, 2.24) is 19.1 Å². The quantitative estimate of drug-likeness (QED) is 0.113. The Hall–Kier alpha value is -5.06. The minimum absolute atomic E-state index is 0. The SMILES string of the molecule is [2H]C([2H])(c1cc(-[n+]2[c-]n(-c3[c-]c(Oc4[c-]c5c(cc4)c4ccccc4n5-c4cc(C([2H])([2H])C(C)(C)C)ccn4)ccn3)c3ccc(C(C)(C)C)cc32)cc(C([2H])([2H])C(C)(C)C)c1)C(C)(C)C.[Pt]. The molecule has 8 rings (SSSR count). The van der Waals surface area contributed by atoms with Crippen LogP contribution in [0.25, 0.3) is 50.2 Å². The molecule has 4 aromatic heterocycles. The topological polar surface area (TPSA) is 48.8 Å². The number of ether oxygens (including phenoxy) is 1. The predicted octanol–water partition coefficient (Wildman–Crippen LogP) is 13.0. The van der Waals surface area contributed by atoms with Crippen LogP contribution in [0.3, 0.4) is 0 Å². The van der Waals surface area contributed by atoms with E-state index in [2.05, 4.69) is 57.4 Å².